The highest BCUT2D eigenvalue weighted by atomic mass is 32.1. The predicted molar refractivity (Wildman–Crippen MR) is 54.1 cm³/mol. The molecular weight excluding hydrogens is 202 g/mol. The van der Waals surface area contributed by atoms with E-state index in [4.69, 9.17) is 15.6 Å². The molecular formula is C9H13NO3S. The van der Waals surface area contributed by atoms with Gasteiger partial charge >= 0.3 is 0 Å². The van der Waals surface area contributed by atoms with Gasteiger partial charge in [0.2, 0.25) is 0 Å². The van der Waals surface area contributed by atoms with Crippen LogP contribution in [0.25, 0.3) is 0 Å². The first-order valence-corrected chi connectivity index (χ1v) is 5.32. The molecule has 2 rings (SSSR count). The van der Waals surface area contributed by atoms with E-state index in [0.29, 0.717) is 6.42 Å². The quantitative estimate of drug-likeness (QED) is 0.672. The summed E-state index contributed by atoms with van der Waals surface area (Å²) in [5.74, 6) is 0. The molecule has 2 heterocycles. The van der Waals surface area contributed by atoms with E-state index < -0.39 is 12.2 Å². The van der Waals surface area contributed by atoms with Crippen LogP contribution in [0.3, 0.4) is 0 Å². The Bertz CT molecular complexity index is 315. The van der Waals surface area contributed by atoms with E-state index in [1.165, 1.54) is 11.3 Å². The fourth-order valence-electron chi connectivity index (χ4n) is 1.62. The molecule has 0 bridgehead atoms. The molecule has 0 unspecified atom stereocenters. The van der Waals surface area contributed by atoms with Crippen molar-refractivity contribution in [3.05, 3.63) is 17.0 Å². The SMILES string of the molecule is Nc1ccc([C@H]2C[C@H](O)[C@@H](CO)O2)s1. The molecule has 0 spiro atoms. The van der Waals surface area contributed by atoms with E-state index in [0.717, 1.165) is 9.88 Å². The highest BCUT2D eigenvalue weighted by Crippen LogP contribution is 2.36. The minimum absolute atomic E-state index is 0.121. The smallest absolute Gasteiger partial charge is 0.107 e. The largest absolute Gasteiger partial charge is 0.394 e. The number of nitrogens with two attached hydrogens (primary N) is 1. The van der Waals surface area contributed by atoms with Gasteiger partial charge in [-0.1, -0.05) is 0 Å². The number of rotatable bonds is 2. The van der Waals surface area contributed by atoms with Crippen LogP contribution in [-0.4, -0.2) is 29.0 Å². The number of hydrogen-bond donors (Lipinski definition) is 3. The summed E-state index contributed by atoms with van der Waals surface area (Å²) in [4.78, 5) is 1.01. The van der Waals surface area contributed by atoms with Gasteiger partial charge in [-0.2, -0.15) is 0 Å². The summed E-state index contributed by atoms with van der Waals surface area (Å²) in [6.07, 6.45) is -0.619. The molecule has 1 aromatic rings. The fourth-order valence-corrected chi connectivity index (χ4v) is 2.45. The van der Waals surface area contributed by atoms with E-state index in [1.54, 1.807) is 0 Å². The Morgan fingerprint density at radius 1 is 1.57 bits per heavy atom. The number of aliphatic hydroxyl groups excluding tert-OH is 2. The Hall–Kier alpha value is -0.620. The summed E-state index contributed by atoms with van der Waals surface area (Å²) in [6.45, 7) is -0.140. The van der Waals surface area contributed by atoms with Gasteiger partial charge in [-0.25, -0.2) is 0 Å². The number of hydrogen-bond acceptors (Lipinski definition) is 5. The van der Waals surface area contributed by atoms with Crippen LogP contribution in [0.2, 0.25) is 0 Å². The number of nitrogen functional groups attached to an aromatic ring is 1. The molecule has 0 saturated carbocycles. The van der Waals surface area contributed by atoms with Crippen molar-refractivity contribution in [2.75, 3.05) is 12.3 Å². The average molecular weight is 215 g/mol. The molecule has 1 saturated heterocycles. The second kappa shape index (κ2) is 3.86. The Kier molecular flexibility index (Phi) is 2.73. The van der Waals surface area contributed by atoms with Gasteiger partial charge in [0, 0.05) is 11.3 Å². The lowest BCUT2D eigenvalue weighted by Gasteiger charge is -2.10. The van der Waals surface area contributed by atoms with Gasteiger partial charge in [-0.05, 0) is 12.1 Å². The van der Waals surface area contributed by atoms with Crippen molar-refractivity contribution >= 4 is 16.3 Å². The Balaban J connectivity index is 2.08. The highest BCUT2D eigenvalue weighted by molar-refractivity contribution is 7.15. The van der Waals surface area contributed by atoms with Crippen LogP contribution in [0, 0.1) is 0 Å². The van der Waals surface area contributed by atoms with Crippen LogP contribution in [-0.2, 0) is 4.74 Å². The van der Waals surface area contributed by atoms with Crippen molar-refractivity contribution < 1.29 is 14.9 Å². The first kappa shape index (κ1) is 9.92. The lowest BCUT2D eigenvalue weighted by atomic mass is 10.1. The number of thiophene rings is 1. The van der Waals surface area contributed by atoms with E-state index in [1.807, 2.05) is 12.1 Å². The van der Waals surface area contributed by atoms with E-state index in [2.05, 4.69) is 0 Å². The summed E-state index contributed by atoms with van der Waals surface area (Å²) in [7, 11) is 0. The van der Waals surface area contributed by atoms with Gasteiger partial charge in [0.1, 0.15) is 6.10 Å². The van der Waals surface area contributed by atoms with E-state index in [9.17, 15) is 5.11 Å². The van der Waals surface area contributed by atoms with Gasteiger partial charge < -0.3 is 20.7 Å². The van der Waals surface area contributed by atoms with Crippen molar-refractivity contribution in [2.24, 2.45) is 0 Å². The van der Waals surface area contributed by atoms with Crippen molar-refractivity contribution in [2.45, 2.75) is 24.7 Å². The van der Waals surface area contributed by atoms with Crippen molar-refractivity contribution in [1.29, 1.82) is 0 Å². The molecule has 0 radical (unpaired) electrons. The molecule has 1 aromatic heterocycles. The van der Waals surface area contributed by atoms with Gasteiger partial charge in [0.25, 0.3) is 0 Å². The summed E-state index contributed by atoms with van der Waals surface area (Å²) in [6, 6.07) is 3.72. The maximum Gasteiger partial charge on any atom is 0.107 e. The number of aliphatic hydroxyl groups is 2. The van der Waals surface area contributed by atoms with Crippen molar-refractivity contribution in [3.8, 4) is 0 Å². The van der Waals surface area contributed by atoms with Crippen LogP contribution in [0.4, 0.5) is 5.00 Å². The molecule has 0 aliphatic carbocycles. The predicted octanol–water partition coefficient (Wildman–Crippen LogP) is 0.514. The summed E-state index contributed by atoms with van der Waals surface area (Å²) in [5, 5.41) is 19.2. The summed E-state index contributed by atoms with van der Waals surface area (Å²) < 4.78 is 5.48. The number of ether oxygens (including phenoxy) is 1. The lowest BCUT2D eigenvalue weighted by molar-refractivity contribution is -0.0216. The molecule has 1 fully saturated rings. The van der Waals surface area contributed by atoms with Gasteiger partial charge in [-0.3, -0.25) is 0 Å². The molecule has 0 amide bonds. The highest BCUT2D eigenvalue weighted by Gasteiger charge is 2.34. The van der Waals surface area contributed by atoms with Crippen LogP contribution in [0.1, 0.15) is 17.4 Å². The van der Waals surface area contributed by atoms with Crippen LogP contribution < -0.4 is 5.73 Å². The van der Waals surface area contributed by atoms with Crippen molar-refractivity contribution in [1.82, 2.24) is 0 Å². The third-order valence-electron chi connectivity index (χ3n) is 2.37. The Labute approximate surface area is 85.9 Å². The van der Waals surface area contributed by atoms with Crippen molar-refractivity contribution in [3.63, 3.8) is 0 Å². The van der Waals surface area contributed by atoms with Crippen LogP contribution >= 0.6 is 11.3 Å². The molecule has 14 heavy (non-hydrogen) atoms. The Morgan fingerprint density at radius 3 is 2.86 bits per heavy atom. The summed E-state index contributed by atoms with van der Waals surface area (Å²) >= 11 is 1.46. The van der Waals surface area contributed by atoms with Gasteiger partial charge in [-0.15, -0.1) is 11.3 Å². The monoisotopic (exact) mass is 215 g/mol. The molecule has 1 aliphatic rings. The molecule has 4 N–H and O–H groups in total. The minimum Gasteiger partial charge on any atom is -0.394 e. The second-order valence-corrected chi connectivity index (χ2v) is 4.54. The average Bonchev–Trinajstić information content (AvgIpc) is 2.71. The van der Waals surface area contributed by atoms with E-state index in [-0.39, 0.29) is 12.7 Å². The maximum atomic E-state index is 9.52. The topological polar surface area (TPSA) is 75.7 Å². The number of anilines is 1. The minimum atomic E-state index is -0.576. The normalized spacial score (nSPS) is 32.3. The van der Waals surface area contributed by atoms with Gasteiger partial charge in [0.15, 0.2) is 0 Å². The zero-order valence-corrected chi connectivity index (χ0v) is 8.41. The molecule has 3 atom stereocenters. The zero-order valence-electron chi connectivity index (χ0n) is 7.59. The van der Waals surface area contributed by atoms with E-state index >= 15 is 0 Å². The third kappa shape index (κ3) is 1.76. The van der Waals surface area contributed by atoms with Crippen LogP contribution in [0.5, 0.6) is 0 Å². The standard InChI is InChI=1S/C9H13NO3S/c10-9-2-1-8(14-9)6-3-5(12)7(4-11)13-6/h1-2,5-7,11-12H,3-4,10H2/t5-,6+,7+/m0/s1. The zero-order chi connectivity index (χ0) is 10.1. The van der Waals surface area contributed by atoms with Crippen LogP contribution in [0.15, 0.2) is 12.1 Å². The molecule has 1 aliphatic heterocycles. The third-order valence-corrected chi connectivity index (χ3v) is 3.38. The Morgan fingerprint density at radius 2 is 2.36 bits per heavy atom. The molecule has 78 valence electrons. The molecule has 5 heteroatoms. The second-order valence-electron chi connectivity index (χ2n) is 3.39. The first-order chi connectivity index (χ1) is 6.70. The summed E-state index contributed by atoms with van der Waals surface area (Å²) in [5.41, 5.74) is 5.60. The first-order valence-electron chi connectivity index (χ1n) is 4.50. The maximum absolute atomic E-state index is 9.52. The molecule has 0 aromatic carbocycles. The fraction of sp³-hybridized carbons (Fsp3) is 0.556. The van der Waals surface area contributed by atoms with Gasteiger partial charge in [0.05, 0.1) is 23.8 Å². The lowest BCUT2D eigenvalue weighted by Crippen LogP contribution is -2.24. The molecule has 4 nitrogen and oxygen atoms in total.